The molecule has 1 saturated heterocycles. The van der Waals surface area contributed by atoms with Crippen LogP contribution in [0.3, 0.4) is 0 Å². The Labute approximate surface area is 144 Å². The van der Waals surface area contributed by atoms with Gasteiger partial charge in [-0.2, -0.15) is 4.31 Å². The molecule has 1 aromatic heterocycles. The molecule has 0 aliphatic carbocycles. The van der Waals surface area contributed by atoms with Crippen molar-refractivity contribution in [2.24, 2.45) is 5.92 Å². The first-order valence-electron chi connectivity index (χ1n) is 7.70. The van der Waals surface area contributed by atoms with E-state index >= 15 is 0 Å². The van der Waals surface area contributed by atoms with E-state index in [4.69, 9.17) is 0 Å². The highest BCUT2D eigenvalue weighted by Gasteiger charge is 2.33. The summed E-state index contributed by atoms with van der Waals surface area (Å²) >= 11 is 1.41. The van der Waals surface area contributed by atoms with Crippen LogP contribution < -0.4 is 5.56 Å². The summed E-state index contributed by atoms with van der Waals surface area (Å²) in [6.45, 7) is 3.47. The van der Waals surface area contributed by atoms with Gasteiger partial charge in [0.2, 0.25) is 15.9 Å². The van der Waals surface area contributed by atoms with Crippen molar-refractivity contribution in [1.29, 1.82) is 0 Å². The topological polar surface area (TPSA) is 92.6 Å². The largest absolute Gasteiger partial charge is 0.340 e. The Morgan fingerprint density at radius 1 is 1.29 bits per heavy atom. The smallest absolute Gasteiger partial charge is 0.257 e. The molecule has 1 atom stereocenters. The number of aromatic nitrogens is 2. The van der Waals surface area contributed by atoms with Crippen LogP contribution in [0.1, 0.15) is 5.56 Å². The maximum atomic E-state index is 12.7. The maximum Gasteiger partial charge on any atom is 0.257 e. The van der Waals surface area contributed by atoms with Gasteiger partial charge in [-0.05, 0) is 6.92 Å². The SMILES string of the molecule is Cc1cnc2n(c1=O)CC(C(=O)N1CCN(S(C)(=O)=O)CC1)CS2. The molecule has 1 unspecified atom stereocenters. The van der Waals surface area contributed by atoms with Crippen LogP contribution in [0.5, 0.6) is 0 Å². The maximum absolute atomic E-state index is 12.7. The van der Waals surface area contributed by atoms with E-state index in [1.54, 1.807) is 22.6 Å². The van der Waals surface area contributed by atoms with Crippen LogP contribution in [-0.4, -0.2) is 71.3 Å². The molecule has 0 N–H and O–H groups in total. The number of rotatable bonds is 2. The highest BCUT2D eigenvalue weighted by molar-refractivity contribution is 7.99. The predicted molar refractivity (Wildman–Crippen MR) is 90.4 cm³/mol. The van der Waals surface area contributed by atoms with Gasteiger partial charge in [-0.15, -0.1) is 0 Å². The Hall–Kier alpha value is -1.39. The standard InChI is InChI=1S/C14H20N4O4S2/c1-10-7-15-14-18(12(10)19)8-11(9-23-14)13(20)16-3-5-17(6-4-16)24(2,21)22/h7,11H,3-6,8-9H2,1-2H3. The van der Waals surface area contributed by atoms with E-state index in [2.05, 4.69) is 4.98 Å². The van der Waals surface area contributed by atoms with Crippen LogP contribution in [0.25, 0.3) is 0 Å². The summed E-state index contributed by atoms with van der Waals surface area (Å²) in [6, 6.07) is 0. The van der Waals surface area contributed by atoms with Crippen molar-refractivity contribution in [2.45, 2.75) is 18.6 Å². The highest BCUT2D eigenvalue weighted by atomic mass is 32.2. The molecule has 0 radical (unpaired) electrons. The summed E-state index contributed by atoms with van der Waals surface area (Å²) in [6.07, 6.45) is 2.74. The zero-order valence-electron chi connectivity index (χ0n) is 13.6. The average Bonchev–Trinajstić information content (AvgIpc) is 2.57. The van der Waals surface area contributed by atoms with Crippen molar-refractivity contribution < 1.29 is 13.2 Å². The number of piperazine rings is 1. The Morgan fingerprint density at radius 2 is 1.96 bits per heavy atom. The average molecular weight is 372 g/mol. The van der Waals surface area contributed by atoms with Gasteiger partial charge in [0.05, 0.1) is 12.2 Å². The molecule has 0 aromatic carbocycles. The van der Waals surface area contributed by atoms with Gasteiger partial charge in [-0.1, -0.05) is 11.8 Å². The quantitative estimate of drug-likeness (QED) is 0.643. The molecule has 1 aromatic rings. The Bertz CT molecular complexity index is 813. The van der Waals surface area contributed by atoms with Gasteiger partial charge < -0.3 is 4.90 Å². The fourth-order valence-corrected chi connectivity index (χ4v) is 4.81. The fraction of sp³-hybridized carbons (Fsp3) is 0.643. The number of carbonyl (C=O) groups is 1. The van der Waals surface area contributed by atoms with E-state index in [1.165, 1.54) is 22.3 Å². The molecule has 132 valence electrons. The number of sulfonamides is 1. The summed E-state index contributed by atoms with van der Waals surface area (Å²) in [4.78, 5) is 30.9. The van der Waals surface area contributed by atoms with Crippen molar-refractivity contribution in [3.8, 4) is 0 Å². The van der Waals surface area contributed by atoms with Crippen molar-refractivity contribution >= 4 is 27.7 Å². The van der Waals surface area contributed by atoms with Gasteiger partial charge in [-0.25, -0.2) is 13.4 Å². The van der Waals surface area contributed by atoms with Crippen LogP contribution in [0, 0.1) is 12.8 Å². The minimum Gasteiger partial charge on any atom is -0.340 e. The van der Waals surface area contributed by atoms with E-state index in [0.717, 1.165) is 0 Å². The Morgan fingerprint density at radius 3 is 2.58 bits per heavy atom. The summed E-state index contributed by atoms with van der Waals surface area (Å²) in [7, 11) is -3.21. The number of hydrogen-bond acceptors (Lipinski definition) is 6. The number of hydrogen-bond donors (Lipinski definition) is 0. The van der Waals surface area contributed by atoms with Gasteiger partial charge >= 0.3 is 0 Å². The molecule has 3 rings (SSSR count). The van der Waals surface area contributed by atoms with Crippen LogP contribution in [0.15, 0.2) is 16.1 Å². The van der Waals surface area contributed by atoms with Gasteiger partial charge in [0.15, 0.2) is 5.16 Å². The second-order valence-electron chi connectivity index (χ2n) is 6.13. The van der Waals surface area contributed by atoms with E-state index < -0.39 is 10.0 Å². The van der Waals surface area contributed by atoms with Crippen molar-refractivity contribution in [1.82, 2.24) is 18.8 Å². The molecule has 3 heterocycles. The van der Waals surface area contributed by atoms with Crippen LogP contribution >= 0.6 is 11.8 Å². The number of carbonyl (C=O) groups excluding carboxylic acids is 1. The molecule has 24 heavy (non-hydrogen) atoms. The molecule has 8 nitrogen and oxygen atoms in total. The minimum absolute atomic E-state index is 0.0188. The second-order valence-corrected chi connectivity index (χ2v) is 9.10. The van der Waals surface area contributed by atoms with Crippen molar-refractivity contribution in [3.63, 3.8) is 0 Å². The lowest BCUT2D eigenvalue weighted by molar-refractivity contribution is -0.136. The van der Waals surface area contributed by atoms with E-state index in [0.29, 0.717) is 49.2 Å². The normalized spacial score (nSPS) is 22.2. The van der Waals surface area contributed by atoms with Crippen LogP contribution in [-0.2, 0) is 21.4 Å². The zero-order valence-corrected chi connectivity index (χ0v) is 15.3. The van der Waals surface area contributed by atoms with E-state index in [-0.39, 0.29) is 17.4 Å². The lowest BCUT2D eigenvalue weighted by atomic mass is 10.1. The second kappa shape index (κ2) is 6.49. The van der Waals surface area contributed by atoms with Crippen molar-refractivity contribution in [3.05, 3.63) is 22.1 Å². The highest BCUT2D eigenvalue weighted by Crippen LogP contribution is 2.26. The first-order valence-corrected chi connectivity index (χ1v) is 10.5. The lowest BCUT2D eigenvalue weighted by Gasteiger charge is -2.36. The Balaban J connectivity index is 1.69. The molecule has 1 fully saturated rings. The molecule has 0 saturated carbocycles. The predicted octanol–water partition coefficient (Wildman–Crippen LogP) is -0.623. The molecule has 2 aliphatic rings. The third kappa shape index (κ3) is 3.35. The molecular weight excluding hydrogens is 352 g/mol. The third-order valence-corrected chi connectivity index (χ3v) is 6.82. The van der Waals surface area contributed by atoms with Crippen LogP contribution in [0.2, 0.25) is 0 Å². The number of aryl methyl sites for hydroxylation is 1. The van der Waals surface area contributed by atoms with Gasteiger partial charge in [-0.3, -0.25) is 14.2 Å². The fourth-order valence-electron chi connectivity index (χ4n) is 2.95. The number of thioether (sulfide) groups is 1. The number of fused-ring (bicyclic) bond motifs is 1. The first kappa shape index (κ1) is 17.4. The molecule has 1 amide bonds. The lowest BCUT2D eigenvalue weighted by Crippen LogP contribution is -2.53. The molecule has 0 spiro atoms. The summed E-state index contributed by atoms with van der Waals surface area (Å²) in [5.41, 5.74) is 0.459. The summed E-state index contributed by atoms with van der Waals surface area (Å²) in [5.74, 6) is 0.281. The zero-order chi connectivity index (χ0) is 17.5. The summed E-state index contributed by atoms with van der Waals surface area (Å²) in [5, 5.41) is 0.650. The molecule has 10 heteroatoms. The monoisotopic (exact) mass is 372 g/mol. The van der Waals surface area contributed by atoms with Gasteiger partial charge in [0, 0.05) is 50.2 Å². The first-order chi connectivity index (χ1) is 11.3. The minimum atomic E-state index is -3.21. The number of nitrogens with zero attached hydrogens (tertiary/aromatic N) is 4. The van der Waals surface area contributed by atoms with E-state index in [9.17, 15) is 18.0 Å². The third-order valence-electron chi connectivity index (χ3n) is 4.37. The van der Waals surface area contributed by atoms with Gasteiger partial charge in [0.1, 0.15) is 0 Å². The Kier molecular flexibility index (Phi) is 4.71. The number of amides is 1. The molecule has 2 aliphatic heterocycles. The molecular formula is C14H20N4O4S2. The van der Waals surface area contributed by atoms with Crippen molar-refractivity contribution in [2.75, 3.05) is 38.2 Å². The van der Waals surface area contributed by atoms with Crippen LogP contribution in [0.4, 0.5) is 0 Å². The summed E-state index contributed by atoms with van der Waals surface area (Å²) < 4.78 is 26.0. The molecule has 0 bridgehead atoms. The van der Waals surface area contributed by atoms with E-state index in [1.807, 2.05) is 0 Å². The van der Waals surface area contributed by atoms with Gasteiger partial charge in [0.25, 0.3) is 5.56 Å².